The summed E-state index contributed by atoms with van der Waals surface area (Å²) < 4.78 is 5.10. The highest BCUT2D eigenvalue weighted by Crippen LogP contribution is 2.23. The third-order valence-electron chi connectivity index (χ3n) is 2.87. The fourth-order valence-corrected chi connectivity index (χ4v) is 2.52. The summed E-state index contributed by atoms with van der Waals surface area (Å²) >= 11 is 1.56. The first kappa shape index (κ1) is 17.9. The molecule has 0 atom stereocenters. The second-order valence-corrected chi connectivity index (χ2v) is 7.04. The van der Waals surface area contributed by atoms with Gasteiger partial charge in [-0.15, -0.1) is 11.3 Å². The zero-order valence-corrected chi connectivity index (χ0v) is 14.8. The van der Waals surface area contributed by atoms with E-state index in [-0.39, 0.29) is 18.9 Å². The number of nitrogens with one attached hydrogen (secondary N) is 2. The van der Waals surface area contributed by atoms with Gasteiger partial charge in [0.1, 0.15) is 10.6 Å². The number of benzene rings is 1. The summed E-state index contributed by atoms with van der Waals surface area (Å²) in [4.78, 5) is 27.6. The molecule has 0 aliphatic rings. The average molecular weight is 347 g/mol. The topological polar surface area (TPSA) is 80.3 Å². The normalized spacial score (nSPS) is 11.0. The van der Waals surface area contributed by atoms with Crippen LogP contribution < -0.4 is 10.6 Å². The average Bonchev–Trinajstić information content (AvgIpc) is 3.00. The maximum atomic E-state index is 11.9. The fraction of sp³-hybridized carbons (Fsp3) is 0.353. The van der Waals surface area contributed by atoms with Gasteiger partial charge in [0.15, 0.2) is 0 Å². The van der Waals surface area contributed by atoms with Crippen LogP contribution in [0.25, 0.3) is 10.6 Å². The number of anilines is 1. The standard InChI is InChI=1S/C17H21N3O3S/c1-17(2,3)23-16(22)19-9-8-14(21)20-13-6-4-12(5-7-13)15-18-10-11-24-15/h4-7,10-11H,8-9H2,1-3H3,(H,19,22)(H,20,21). The second kappa shape index (κ2) is 7.92. The Labute approximate surface area is 145 Å². The summed E-state index contributed by atoms with van der Waals surface area (Å²) in [5, 5.41) is 8.20. The van der Waals surface area contributed by atoms with E-state index >= 15 is 0 Å². The summed E-state index contributed by atoms with van der Waals surface area (Å²) in [6, 6.07) is 7.48. The third-order valence-corrected chi connectivity index (χ3v) is 3.69. The Balaban J connectivity index is 1.75. The van der Waals surface area contributed by atoms with Crippen molar-refractivity contribution in [2.24, 2.45) is 0 Å². The molecule has 0 spiro atoms. The van der Waals surface area contributed by atoms with Gasteiger partial charge in [0.2, 0.25) is 5.91 Å². The van der Waals surface area contributed by atoms with Crippen LogP contribution in [0.15, 0.2) is 35.8 Å². The number of hydrogen-bond acceptors (Lipinski definition) is 5. The number of rotatable bonds is 5. The maximum absolute atomic E-state index is 11.9. The number of thiazole rings is 1. The molecule has 2 amide bonds. The predicted molar refractivity (Wildman–Crippen MR) is 95.0 cm³/mol. The minimum Gasteiger partial charge on any atom is -0.444 e. The van der Waals surface area contributed by atoms with E-state index in [9.17, 15) is 9.59 Å². The molecule has 2 rings (SSSR count). The van der Waals surface area contributed by atoms with Gasteiger partial charge in [0, 0.05) is 35.8 Å². The molecule has 128 valence electrons. The SMILES string of the molecule is CC(C)(C)OC(=O)NCCC(=O)Nc1ccc(-c2nccs2)cc1. The molecule has 1 aromatic carbocycles. The molecule has 0 saturated heterocycles. The Bertz CT molecular complexity index is 676. The largest absolute Gasteiger partial charge is 0.444 e. The molecule has 7 heteroatoms. The minimum absolute atomic E-state index is 0.173. The number of aromatic nitrogens is 1. The van der Waals surface area contributed by atoms with E-state index in [0.717, 1.165) is 10.6 Å². The molecule has 2 aromatic rings. The van der Waals surface area contributed by atoms with Crippen LogP contribution in [0.1, 0.15) is 27.2 Å². The van der Waals surface area contributed by atoms with Gasteiger partial charge in [0.25, 0.3) is 0 Å². The Hall–Kier alpha value is -2.41. The van der Waals surface area contributed by atoms with Crippen LogP contribution >= 0.6 is 11.3 Å². The number of ether oxygens (including phenoxy) is 1. The Morgan fingerprint density at radius 3 is 2.50 bits per heavy atom. The lowest BCUT2D eigenvalue weighted by Gasteiger charge is -2.19. The fourth-order valence-electron chi connectivity index (χ4n) is 1.88. The zero-order chi connectivity index (χ0) is 17.6. The molecule has 2 N–H and O–H groups in total. The van der Waals surface area contributed by atoms with Crippen molar-refractivity contribution in [3.05, 3.63) is 35.8 Å². The van der Waals surface area contributed by atoms with Crippen LogP contribution in [-0.4, -0.2) is 29.1 Å². The lowest BCUT2D eigenvalue weighted by Crippen LogP contribution is -2.34. The van der Waals surface area contributed by atoms with Gasteiger partial charge in [-0.2, -0.15) is 0 Å². The monoisotopic (exact) mass is 347 g/mol. The summed E-state index contributed by atoms with van der Waals surface area (Å²) in [5.74, 6) is -0.173. The van der Waals surface area contributed by atoms with Crippen LogP contribution in [0.4, 0.5) is 10.5 Å². The summed E-state index contributed by atoms with van der Waals surface area (Å²) in [6.45, 7) is 5.58. The zero-order valence-electron chi connectivity index (χ0n) is 14.0. The van der Waals surface area contributed by atoms with Crippen molar-refractivity contribution in [2.45, 2.75) is 32.8 Å². The number of hydrogen-bond donors (Lipinski definition) is 2. The molecular formula is C17H21N3O3S. The number of nitrogens with zero attached hydrogens (tertiary/aromatic N) is 1. The van der Waals surface area contributed by atoms with Crippen molar-refractivity contribution in [1.29, 1.82) is 0 Å². The van der Waals surface area contributed by atoms with Crippen molar-refractivity contribution in [2.75, 3.05) is 11.9 Å². The lowest BCUT2D eigenvalue weighted by molar-refractivity contribution is -0.116. The highest BCUT2D eigenvalue weighted by atomic mass is 32.1. The number of amides is 2. The summed E-state index contributed by atoms with van der Waals surface area (Å²) in [7, 11) is 0. The highest BCUT2D eigenvalue weighted by Gasteiger charge is 2.15. The van der Waals surface area contributed by atoms with E-state index < -0.39 is 11.7 Å². The molecular weight excluding hydrogens is 326 g/mol. The van der Waals surface area contributed by atoms with E-state index in [2.05, 4.69) is 15.6 Å². The molecule has 6 nitrogen and oxygen atoms in total. The molecule has 1 aromatic heterocycles. The first-order valence-corrected chi connectivity index (χ1v) is 8.48. The summed E-state index contributed by atoms with van der Waals surface area (Å²) in [5.41, 5.74) is 1.16. The lowest BCUT2D eigenvalue weighted by atomic mass is 10.2. The van der Waals surface area contributed by atoms with Gasteiger partial charge < -0.3 is 15.4 Å². The molecule has 0 radical (unpaired) electrons. The van der Waals surface area contributed by atoms with Gasteiger partial charge in [-0.25, -0.2) is 9.78 Å². The highest BCUT2D eigenvalue weighted by molar-refractivity contribution is 7.13. The smallest absolute Gasteiger partial charge is 0.407 e. The van der Waals surface area contributed by atoms with Gasteiger partial charge in [-0.1, -0.05) is 0 Å². The van der Waals surface area contributed by atoms with Crippen LogP contribution in [0.5, 0.6) is 0 Å². The first-order valence-electron chi connectivity index (χ1n) is 7.60. The molecule has 0 bridgehead atoms. The molecule has 0 fully saturated rings. The Kier molecular flexibility index (Phi) is 5.92. The van der Waals surface area contributed by atoms with E-state index in [1.54, 1.807) is 38.3 Å². The van der Waals surface area contributed by atoms with Crippen LogP contribution in [0.2, 0.25) is 0 Å². The molecule has 0 aliphatic carbocycles. The predicted octanol–water partition coefficient (Wildman–Crippen LogP) is 3.66. The molecule has 0 unspecified atom stereocenters. The van der Waals surface area contributed by atoms with Crippen LogP contribution in [0.3, 0.4) is 0 Å². The van der Waals surface area contributed by atoms with Gasteiger partial charge in [0.05, 0.1) is 0 Å². The van der Waals surface area contributed by atoms with Gasteiger partial charge in [-0.05, 0) is 45.0 Å². The van der Waals surface area contributed by atoms with Crippen molar-refractivity contribution in [3.8, 4) is 10.6 Å². The maximum Gasteiger partial charge on any atom is 0.407 e. The second-order valence-electron chi connectivity index (χ2n) is 6.14. The van der Waals surface area contributed by atoms with Crippen molar-refractivity contribution < 1.29 is 14.3 Å². The first-order chi connectivity index (χ1) is 11.3. The minimum atomic E-state index is -0.550. The number of alkyl carbamates (subject to hydrolysis) is 1. The van der Waals surface area contributed by atoms with E-state index in [0.29, 0.717) is 5.69 Å². The van der Waals surface area contributed by atoms with Gasteiger partial charge in [-0.3, -0.25) is 4.79 Å². The molecule has 24 heavy (non-hydrogen) atoms. The van der Waals surface area contributed by atoms with Gasteiger partial charge >= 0.3 is 6.09 Å². The van der Waals surface area contributed by atoms with Crippen LogP contribution in [0, 0.1) is 0 Å². The van der Waals surface area contributed by atoms with E-state index in [1.165, 1.54) is 0 Å². The van der Waals surface area contributed by atoms with Crippen LogP contribution in [-0.2, 0) is 9.53 Å². The third kappa shape index (κ3) is 6.00. The Morgan fingerprint density at radius 1 is 1.21 bits per heavy atom. The summed E-state index contributed by atoms with van der Waals surface area (Å²) in [6.07, 6.45) is 1.41. The number of carbonyl (C=O) groups is 2. The van der Waals surface area contributed by atoms with Crippen molar-refractivity contribution in [3.63, 3.8) is 0 Å². The number of carbonyl (C=O) groups excluding carboxylic acids is 2. The molecule has 0 aliphatic heterocycles. The molecule has 1 heterocycles. The van der Waals surface area contributed by atoms with Crippen molar-refractivity contribution >= 4 is 29.0 Å². The van der Waals surface area contributed by atoms with E-state index in [1.807, 2.05) is 29.6 Å². The molecule has 0 saturated carbocycles. The quantitative estimate of drug-likeness (QED) is 0.865. The van der Waals surface area contributed by atoms with Crippen molar-refractivity contribution in [1.82, 2.24) is 10.3 Å². The Morgan fingerprint density at radius 2 is 1.92 bits per heavy atom. The van der Waals surface area contributed by atoms with E-state index in [4.69, 9.17) is 4.74 Å².